The lowest BCUT2D eigenvalue weighted by molar-refractivity contribution is 0.0595. The van der Waals surface area contributed by atoms with Crippen LogP contribution in [0.2, 0.25) is 0 Å². The Morgan fingerprint density at radius 1 is 1.47 bits per heavy atom. The summed E-state index contributed by atoms with van der Waals surface area (Å²) in [6.45, 7) is 3.86. The van der Waals surface area contributed by atoms with Crippen LogP contribution in [0.5, 0.6) is 0 Å². The van der Waals surface area contributed by atoms with Crippen molar-refractivity contribution in [3.05, 3.63) is 29.2 Å². The maximum Gasteiger partial charge on any atom is 0.358 e. The number of aromatic nitrogens is 3. The van der Waals surface area contributed by atoms with Gasteiger partial charge in [-0.05, 0) is 25.5 Å². The molecule has 0 spiro atoms. The van der Waals surface area contributed by atoms with E-state index in [0.717, 1.165) is 11.3 Å². The molecule has 0 saturated heterocycles. The maximum atomic E-state index is 11.2. The van der Waals surface area contributed by atoms with Crippen molar-refractivity contribution in [2.45, 2.75) is 13.8 Å². The van der Waals surface area contributed by atoms with Gasteiger partial charge in [0.25, 0.3) is 0 Å². The van der Waals surface area contributed by atoms with Crippen LogP contribution in [-0.2, 0) is 4.74 Å². The van der Waals surface area contributed by atoms with E-state index in [1.54, 1.807) is 10.7 Å². The van der Waals surface area contributed by atoms with E-state index in [2.05, 4.69) is 14.8 Å². The topological polar surface area (TPSA) is 56.5 Å². The Bertz CT molecular complexity index is 492. The van der Waals surface area contributed by atoms with Gasteiger partial charge in [-0.2, -0.15) is 5.10 Å². The molecule has 0 aliphatic carbocycles. The van der Waals surface area contributed by atoms with Gasteiger partial charge in [0.1, 0.15) is 0 Å². The molecule has 0 aliphatic rings. The maximum absolute atomic E-state index is 11.2. The van der Waals surface area contributed by atoms with Crippen molar-refractivity contribution >= 4 is 11.6 Å². The third-order valence-electron chi connectivity index (χ3n) is 2.28. The normalized spacial score (nSPS) is 10.6. The summed E-state index contributed by atoms with van der Waals surface area (Å²) in [6, 6.07) is 1.88. The quantitative estimate of drug-likeness (QED) is 0.655. The van der Waals surface area contributed by atoms with E-state index in [9.17, 15) is 4.79 Å². The number of imidazole rings is 1. The summed E-state index contributed by atoms with van der Waals surface area (Å²) >= 11 is 0. The minimum atomic E-state index is -0.448. The molecule has 2 aromatic heterocycles. The van der Waals surface area contributed by atoms with Crippen molar-refractivity contribution in [1.29, 1.82) is 0 Å². The number of methoxy groups -OCH3 is 1. The molecule has 0 fully saturated rings. The predicted molar refractivity (Wildman–Crippen MR) is 53.8 cm³/mol. The third-order valence-corrected chi connectivity index (χ3v) is 2.28. The van der Waals surface area contributed by atoms with Crippen LogP contribution in [-0.4, -0.2) is 27.7 Å². The first-order chi connectivity index (χ1) is 7.11. The number of hydrogen-bond donors (Lipinski definition) is 0. The molecule has 5 heteroatoms. The average molecular weight is 205 g/mol. The zero-order valence-corrected chi connectivity index (χ0v) is 8.81. The van der Waals surface area contributed by atoms with Crippen LogP contribution in [0.25, 0.3) is 5.65 Å². The van der Waals surface area contributed by atoms with Crippen LogP contribution in [0.15, 0.2) is 12.3 Å². The lowest BCUT2D eigenvalue weighted by atomic mass is 10.2. The summed E-state index contributed by atoms with van der Waals surface area (Å²) < 4.78 is 6.16. The largest absolute Gasteiger partial charge is 0.464 e. The first-order valence-electron chi connectivity index (χ1n) is 4.54. The molecule has 0 N–H and O–H groups in total. The molecule has 2 aromatic rings. The lowest BCUT2D eigenvalue weighted by Crippen LogP contribution is -2.00. The number of hydrogen-bond acceptors (Lipinski definition) is 4. The van der Waals surface area contributed by atoms with Gasteiger partial charge in [-0.25, -0.2) is 14.3 Å². The van der Waals surface area contributed by atoms with E-state index in [4.69, 9.17) is 0 Å². The minimum Gasteiger partial charge on any atom is -0.464 e. The van der Waals surface area contributed by atoms with Gasteiger partial charge in [0, 0.05) is 0 Å². The van der Waals surface area contributed by atoms with Crippen molar-refractivity contribution in [1.82, 2.24) is 14.6 Å². The molecular formula is C10H11N3O2. The van der Waals surface area contributed by atoms with Crippen molar-refractivity contribution in [2.75, 3.05) is 7.11 Å². The Balaban J connectivity index is 2.61. The molecule has 15 heavy (non-hydrogen) atoms. The molecule has 0 saturated carbocycles. The van der Waals surface area contributed by atoms with E-state index in [-0.39, 0.29) is 5.69 Å². The zero-order valence-electron chi connectivity index (χ0n) is 8.81. The number of carbonyl (C=O) groups is 1. The number of rotatable bonds is 1. The smallest absolute Gasteiger partial charge is 0.358 e. The fraction of sp³-hybridized carbons (Fsp3) is 0.300. The molecule has 0 aromatic carbocycles. The van der Waals surface area contributed by atoms with Gasteiger partial charge in [0.05, 0.1) is 19.0 Å². The van der Waals surface area contributed by atoms with Crippen LogP contribution in [0.3, 0.4) is 0 Å². The van der Waals surface area contributed by atoms with Crippen LogP contribution < -0.4 is 0 Å². The summed E-state index contributed by atoms with van der Waals surface area (Å²) in [5.41, 5.74) is 2.88. The summed E-state index contributed by atoms with van der Waals surface area (Å²) in [6.07, 6.45) is 1.56. The van der Waals surface area contributed by atoms with Crippen molar-refractivity contribution in [2.24, 2.45) is 0 Å². The van der Waals surface area contributed by atoms with Gasteiger partial charge in [-0.3, -0.25) is 0 Å². The fourth-order valence-corrected chi connectivity index (χ4v) is 1.31. The van der Waals surface area contributed by atoms with Crippen molar-refractivity contribution < 1.29 is 9.53 Å². The SMILES string of the molecule is COC(=O)c1cn2nc(C)c(C)cc2n1. The Labute approximate surface area is 86.7 Å². The number of fused-ring (bicyclic) bond motifs is 1. The second-order valence-electron chi connectivity index (χ2n) is 3.33. The Hall–Kier alpha value is -1.91. The summed E-state index contributed by atoms with van der Waals surface area (Å²) in [5.74, 6) is -0.448. The van der Waals surface area contributed by atoms with E-state index in [1.165, 1.54) is 7.11 Å². The predicted octanol–water partition coefficient (Wildman–Crippen LogP) is 1.13. The monoisotopic (exact) mass is 205 g/mol. The first kappa shape index (κ1) is 9.64. The lowest BCUT2D eigenvalue weighted by Gasteiger charge is -1.98. The third kappa shape index (κ3) is 1.56. The van der Waals surface area contributed by atoms with Crippen molar-refractivity contribution in [3.8, 4) is 0 Å². The molecule has 0 radical (unpaired) electrons. The highest BCUT2D eigenvalue weighted by Crippen LogP contribution is 2.09. The molecule has 78 valence electrons. The summed E-state index contributed by atoms with van der Waals surface area (Å²) in [7, 11) is 1.33. The second-order valence-corrected chi connectivity index (χ2v) is 3.33. The Kier molecular flexibility index (Phi) is 2.15. The second kappa shape index (κ2) is 3.34. The van der Waals surface area contributed by atoms with Gasteiger partial charge >= 0.3 is 5.97 Å². The molecular weight excluding hydrogens is 194 g/mol. The molecule has 5 nitrogen and oxygen atoms in total. The number of carbonyl (C=O) groups excluding carboxylic acids is 1. The van der Waals surface area contributed by atoms with Gasteiger partial charge < -0.3 is 4.74 Å². The molecule has 0 atom stereocenters. The van der Waals surface area contributed by atoms with Gasteiger partial charge in [-0.15, -0.1) is 0 Å². The van der Waals surface area contributed by atoms with Crippen LogP contribution in [0.1, 0.15) is 21.7 Å². The molecule has 2 rings (SSSR count). The molecule has 2 heterocycles. The minimum absolute atomic E-state index is 0.273. The van der Waals surface area contributed by atoms with Crippen LogP contribution >= 0.6 is 0 Å². The summed E-state index contributed by atoms with van der Waals surface area (Å²) in [4.78, 5) is 15.3. The zero-order chi connectivity index (χ0) is 11.0. The van der Waals surface area contributed by atoms with Crippen LogP contribution in [0, 0.1) is 13.8 Å². The Morgan fingerprint density at radius 3 is 2.87 bits per heavy atom. The average Bonchev–Trinajstić information content (AvgIpc) is 2.60. The van der Waals surface area contributed by atoms with Crippen LogP contribution in [0.4, 0.5) is 0 Å². The van der Waals surface area contributed by atoms with E-state index >= 15 is 0 Å². The number of ether oxygens (including phenoxy) is 1. The van der Waals surface area contributed by atoms with Gasteiger partial charge in [0.15, 0.2) is 11.3 Å². The van der Waals surface area contributed by atoms with Gasteiger partial charge in [-0.1, -0.05) is 0 Å². The molecule has 0 amide bonds. The number of nitrogens with zero attached hydrogens (tertiary/aromatic N) is 3. The Morgan fingerprint density at radius 2 is 2.20 bits per heavy atom. The first-order valence-corrected chi connectivity index (χ1v) is 4.54. The number of esters is 1. The highest BCUT2D eigenvalue weighted by atomic mass is 16.5. The number of aryl methyl sites for hydroxylation is 2. The standard InChI is InChI=1S/C10H11N3O2/c1-6-4-9-11-8(10(14)15-3)5-13(9)12-7(6)2/h4-5H,1-3H3. The highest BCUT2D eigenvalue weighted by Gasteiger charge is 2.11. The van der Waals surface area contributed by atoms with E-state index in [0.29, 0.717) is 5.65 Å². The highest BCUT2D eigenvalue weighted by molar-refractivity contribution is 5.87. The van der Waals surface area contributed by atoms with E-state index < -0.39 is 5.97 Å². The molecule has 0 unspecified atom stereocenters. The summed E-state index contributed by atoms with van der Waals surface area (Å²) in [5, 5.41) is 4.26. The molecule has 0 aliphatic heterocycles. The van der Waals surface area contributed by atoms with Gasteiger partial charge in [0.2, 0.25) is 0 Å². The molecule has 0 bridgehead atoms. The van der Waals surface area contributed by atoms with Crippen molar-refractivity contribution in [3.63, 3.8) is 0 Å². The van der Waals surface area contributed by atoms with E-state index in [1.807, 2.05) is 19.9 Å². The fourth-order valence-electron chi connectivity index (χ4n) is 1.31.